The van der Waals surface area contributed by atoms with Gasteiger partial charge in [0.25, 0.3) is 0 Å². The molecular weight excluding hydrogens is 322 g/mol. The summed E-state index contributed by atoms with van der Waals surface area (Å²) in [4.78, 5) is 12.7. The Morgan fingerprint density at radius 3 is 2.50 bits per heavy atom. The number of carbonyl (C=O) groups excluding carboxylic acids is 1. The molecule has 4 heteroatoms. The van der Waals surface area contributed by atoms with Crippen molar-refractivity contribution in [3.63, 3.8) is 0 Å². The summed E-state index contributed by atoms with van der Waals surface area (Å²) in [5.74, 6) is 0.207. The zero-order chi connectivity index (χ0) is 17.9. The summed E-state index contributed by atoms with van der Waals surface area (Å²) < 4.78 is 0. The van der Waals surface area contributed by atoms with Crippen LogP contribution in [0.15, 0.2) is 78.9 Å². The number of aromatic amines is 1. The van der Waals surface area contributed by atoms with Crippen LogP contribution < -0.4 is 5.32 Å². The normalized spacial score (nSPS) is 12.0. The SMILES string of the molecule is CC(C(=O)Nc1n[nH]c2ccccc12)c1cccc(-c2ccccc2)c1. The van der Waals surface area contributed by atoms with Crippen LogP contribution in [-0.2, 0) is 4.79 Å². The van der Waals surface area contributed by atoms with Crippen molar-refractivity contribution in [3.05, 3.63) is 84.4 Å². The zero-order valence-corrected chi connectivity index (χ0v) is 14.4. The summed E-state index contributed by atoms with van der Waals surface area (Å²) in [7, 11) is 0. The summed E-state index contributed by atoms with van der Waals surface area (Å²) >= 11 is 0. The number of fused-ring (bicyclic) bond motifs is 1. The molecule has 26 heavy (non-hydrogen) atoms. The molecule has 3 aromatic carbocycles. The Bertz CT molecular complexity index is 1050. The minimum Gasteiger partial charge on any atom is -0.308 e. The first-order valence-corrected chi connectivity index (χ1v) is 8.62. The first kappa shape index (κ1) is 16.1. The van der Waals surface area contributed by atoms with Crippen LogP contribution in [0.2, 0.25) is 0 Å². The van der Waals surface area contributed by atoms with E-state index in [1.54, 1.807) is 0 Å². The van der Waals surface area contributed by atoms with E-state index in [9.17, 15) is 4.79 Å². The van der Waals surface area contributed by atoms with Gasteiger partial charge in [-0.2, -0.15) is 5.10 Å². The van der Waals surface area contributed by atoms with Crippen LogP contribution in [0.25, 0.3) is 22.0 Å². The van der Waals surface area contributed by atoms with Crippen molar-refractivity contribution in [1.29, 1.82) is 0 Å². The smallest absolute Gasteiger partial charge is 0.232 e. The second-order valence-corrected chi connectivity index (χ2v) is 6.32. The third-order valence-electron chi connectivity index (χ3n) is 4.60. The number of para-hydroxylation sites is 1. The van der Waals surface area contributed by atoms with Gasteiger partial charge in [0.1, 0.15) is 0 Å². The van der Waals surface area contributed by atoms with Gasteiger partial charge in [0.2, 0.25) is 5.91 Å². The van der Waals surface area contributed by atoms with Gasteiger partial charge < -0.3 is 5.32 Å². The average molecular weight is 341 g/mol. The van der Waals surface area contributed by atoms with Gasteiger partial charge >= 0.3 is 0 Å². The predicted octanol–water partition coefficient (Wildman–Crippen LogP) is 4.97. The first-order chi connectivity index (χ1) is 12.7. The van der Waals surface area contributed by atoms with E-state index in [-0.39, 0.29) is 11.8 Å². The van der Waals surface area contributed by atoms with E-state index in [2.05, 4.69) is 39.8 Å². The van der Waals surface area contributed by atoms with Crippen molar-refractivity contribution in [1.82, 2.24) is 10.2 Å². The van der Waals surface area contributed by atoms with E-state index < -0.39 is 0 Å². The topological polar surface area (TPSA) is 57.8 Å². The predicted molar refractivity (Wildman–Crippen MR) is 105 cm³/mol. The van der Waals surface area contributed by atoms with Crippen LogP contribution >= 0.6 is 0 Å². The molecule has 0 aliphatic carbocycles. The Kier molecular flexibility index (Phi) is 4.23. The molecule has 4 aromatic rings. The second-order valence-electron chi connectivity index (χ2n) is 6.32. The summed E-state index contributed by atoms with van der Waals surface area (Å²) in [6.45, 7) is 1.91. The number of anilines is 1. The molecule has 1 amide bonds. The van der Waals surface area contributed by atoms with Crippen molar-refractivity contribution < 1.29 is 4.79 Å². The fourth-order valence-corrected chi connectivity index (χ4v) is 3.05. The number of H-pyrrole nitrogens is 1. The molecule has 0 bridgehead atoms. The Balaban J connectivity index is 1.57. The van der Waals surface area contributed by atoms with Gasteiger partial charge in [-0.05, 0) is 35.7 Å². The highest BCUT2D eigenvalue weighted by atomic mass is 16.1. The van der Waals surface area contributed by atoms with Crippen molar-refractivity contribution in [3.8, 4) is 11.1 Å². The van der Waals surface area contributed by atoms with E-state index in [0.717, 1.165) is 27.6 Å². The van der Waals surface area contributed by atoms with Crippen LogP contribution in [0, 0.1) is 0 Å². The lowest BCUT2D eigenvalue weighted by atomic mass is 9.95. The average Bonchev–Trinajstić information content (AvgIpc) is 3.11. The van der Waals surface area contributed by atoms with Gasteiger partial charge in [-0.25, -0.2) is 0 Å². The molecule has 2 N–H and O–H groups in total. The highest BCUT2D eigenvalue weighted by molar-refractivity contribution is 6.02. The number of rotatable bonds is 4. The molecule has 1 unspecified atom stereocenters. The molecule has 1 atom stereocenters. The molecule has 0 saturated carbocycles. The molecule has 4 nitrogen and oxygen atoms in total. The quantitative estimate of drug-likeness (QED) is 0.550. The largest absolute Gasteiger partial charge is 0.308 e. The Morgan fingerprint density at radius 1 is 0.923 bits per heavy atom. The number of aromatic nitrogens is 2. The van der Waals surface area contributed by atoms with E-state index in [1.165, 1.54) is 0 Å². The Hall–Kier alpha value is -3.40. The summed E-state index contributed by atoms with van der Waals surface area (Å²) in [5.41, 5.74) is 4.12. The van der Waals surface area contributed by atoms with E-state index in [1.807, 2.05) is 61.5 Å². The standard InChI is InChI=1S/C22H19N3O/c1-15(17-10-7-11-18(14-17)16-8-3-2-4-9-16)22(26)23-21-19-12-5-6-13-20(19)24-25-21/h2-15H,1H3,(H2,23,24,25,26). The molecule has 0 fully saturated rings. The molecule has 1 aromatic heterocycles. The van der Waals surface area contributed by atoms with Gasteiger partial charge in [-0.3, -0.25) is 9.89 Å². The monoisotopic (exact) mass is 341 g/mol. The number of hydrogen-bond acceptors (Lipinski definition) is 2. The van der Waals surface area contributed by atoms with Gasteiger partial charge in [0.15, 0.2) is 5.82 Å². The minimum atomic E-state index is -0.283. The van der Waals surface area contributed by atoms with Crippen LogP contribution in [0.1, 0.15) is 18.4 Å². The van der Waals surface area contributed by atoms with E-state index >= 15 is 0 Å². The summed E-state index contributed by atoms with van der Waals surface area (Å²) in [5, 5.41) is 11.0. The number of hydrogen-bond donors (Lipinski definition) is 2. The van der Waals surface area contributed by atoms with E-state index in [4.69, 9.17) is 0 Å². The highest BCUT2D eigenvalue weighted by Crippen LogP contribution is 2.26. The van der Waals surface area contributed by atoms with Gasteiger partial charge in [0.05, 0.1) is 11.4 Å². The number of nitrogens with one attached hydrogen (secondary N) is 2. The third kappa shape index (κ3) is 3.09. The lowest BCUT2D eigenvalue weighted by molar-refractivity contribution is -0.117. The van der Waals surface area contributed by atoms with Crippen LogP contribution in [0.5, 0.6) is 0 Å². The zero-order valence-electron chi connectivity index (χ0n) is 14.4. The first-order valence-electron chi connectivity index (χ1n) is 8.62. The molecule has 0 radical (unpaired) electrons. The lowest BCUT2D eigenvalue weighted by Crippen LogP contribution is -2.19. The Labute approximate surface area is 151 Å². The molecular formula is C22H19N3O. The minimum absolute atomic E-state index is 0.0764. The second kappa shape index (κ2) is 6.84. The Morgan fingerprint density at radius 2 is 1.65 bits per heavy atom. The molecule has 0 aliphatic heterocycles. The van der Waals surface area contributed by atoms with Crippen molar-refractivity contribution in [2.24, 2.45) is 0 Å². The lowest BCUT2D eigenvalue weighted by Gasteiger charge is -2.13. The molecule has 0 spiro atoms. The third-order valence-corrected chi connectivity index (χ3v) is 4.60. The molecule has 0 saturated heterocycles. The molecule has 4 rings (SSSR count). The fourth-order valence-electron chi connectivity index (χ4n) is 3.05. The maximum Gasteiger partial charge on any atom is 0.232 e. The maximum atomic E-state index is 12.7. The number of benzene rings is 3. The van der Waals surface area contributed by atoms with Crippen molar-refractivity contribution in [2.75, 3.05) is 5.32 Å². The number of amides is 1. The fraction of sp³-hybridized carbons (Fsp3) is 0.0909. The van der Waals surface area contributed by atoms with Crippen LogP contribution in [0.4, 0.5) is 5.82 Å². The van der Waals surface area contributed by atoms with Gasteiger partial charge in [-0.15, -0.1) is 0 Å². The maximum absolute atomic E-state index is 12.7. The van der Waals surface area contributed by atoms with E-state index in [0.29, 0.717) is 5.82 Å². The molecule has 128 valence electrons. The van der Waals surface area contributed by atoms with Gasteiger partial charge in [-0.1, -0.05) is 66.7 Å². The van der Waals surface area contributed by atoms with Gasteiger partial charge in [0, 0.05) is 5.39 Å². The molecule has 0 aliphatic rings. The summed E-state index contributed by atoms with van der Waals surface area (Å²) in [6, 6.07) is 26.0. The van der Waals surface area contributed by atoms with Crippen molar-refractivity contribution >= 4 is 22.6 Å². The number of carbonyl (C=O) groups is 1. The molecule has 1 heterocycles. The number of nitrogens with zero attached hydrogens (tertiary/aromatic N) is 1. The van der Waals surface area contributed by atoms with Crippen LogP contribution in [0.3, 0.4) is 0 Å². The highest BCUT2D eigenvalue weighted by Gasteiger charge is 2.18. The van der Waals surface area contributed by atoms with Crippen LogP contribution in [-0.4, -0.2) is 16.1 Å². The van der Waals surface area contributed by atoms with Crippen molar-refractivity contribution in [2.45, 2.75) is 12.8 Å². The summed E-state index contributed by atoms with van der Waals surface area (Å²) in [6.07, 6.45) is 0.